The molecule has 1 unspecified atom stereocenters. The Morgan fingerprint density at radius 1 is 1.32 bits per heavy atom. The molecule has 5 heteroatoms. The van der Waals surface area contributed by atoms with E-state index in [1.807, 2.05) is 13.0 Å². The number of aliphatic hydroxyl groups is 3. The minimum atomic E-state index is -0.844. The van der Waals surface area contributed by atoms with Crippen molar-refractivity contribution in [2.75, 3.05) is 13.2 Å². The molecule has 1 heterocycles. The number of allylic oxidation sites excluding steroid dienone is 2. The second kappa shape index (κ2) is 6.53. The van der Waals surface area contributed by atoms with Gasteiger partial charge in [0.1, 0.15) is 12.7 Å². The molecule has 3 rings (SSSR count). The summed E-state index contributed by atoms with van der Waals surface area (Å²) in [5, 5.41) is 30.4. The second-order valence-electron chi connectivity index (χ2n) is 8.54. The molecule has 25 heavy (non-hydrogen) atoms. The summed E-state index contributed by atoms with van der Waals surface area (Å²) >= 11 is 0. The number of hydrogen-bond acceptors (Lipinski definition) is 5. The zero-order valence-electron chi connectivity index (χ0n) is 15.2. The van der Waals surface area contributed by atoms with Crippen LogP contribution in [-0.4, -0.2) is 46.7 Å². The number of esters is 1. The summed E-state index contributed by atoms with van der Waals surface area (Å²) in [7, 11) is 0. The molecule has 0 amide bonds. The van der Waals surface area contributed by atoms with Crippen LogP contribution in [0.15, 0.2) is 23.8 Å². The molecule has 0 radical (unpaired) electrons. The molecule has 2 saturated carbocycles. The van der Waals surface area contributed by atoms with Crippen molar-refractivity contribution in [2.24, 2.45) is 22.7 Å². The van der Waals surface area contributed by atoms with Gasteiger partial charge < -0.3 is 20.1 Å². The molecule has 1 aliphatic heterocycles. The molecule has 2 aliphatic carbocycles. The van der Waals surface area contributed by atoms with Crippen LogP contribution in [0.5, 0.6) is 0 Å². The van der Waals surface area contributed by atoms with Crippen LogP contribution in [0.25, 0.3) is 0 Å². The fourth-order valence-corrected chi connectivity index (χ4v) is 5.56. The van der Waals surface area contributed by atoms with Crippen molar-refractivity contribution in [1.29, 1.82) is 0 Å². The van der Waals surface area contributed by atoms with Crippen molar-refractivity contribution in [3.63, 3.8) is 0 Å². The van der Waals surface area contributed by atoms with Gasteiger partial charge in [-0.2, -0.15) is 0 Å². The van der Waals surface area contributed by atoms with Crippen LogP contribution < -0.4 is 0 Å². The van der Waals surface area contributed by atoms with E-state index in [4.69, 9.17) is 4.74 Å². The number of cyclic esters (lactones) is 1. The van der Waals surface area contributed by atoms with E-state index in [-0.39, 0.29) is 30.5 Å². The van der Waals surface area contributed by atoms with Crippen molar-refractivity contribution in [1.82, 2.24) is 0 Å². The van der Waals surface area contributed by atoms with Crippen LogP contribution in [0.4, 0.5) is 0 Å². The molecule has 1 saturated heterocycles. The second-order valence-corrected chi connectivity index (χ2v) is 8.54. The van der Waals surface area contributed by atoms with Gasteiger partial charge in [0.15, 0.2) is 0 Å². The first-order chi connectivity index (χ1) is 11.7. The molecule has 0 bridgehead atoms. The molecule has 140 valence electrons. The lowest BCUT2D eigenvalue weighted by atomic mass is 9.46. The summed E-state index contributed by atoms with van der Waals surface area (Å²) < 4.78 is 4.90. The smallest absolute Gasteiger partial charge is 0.336 e. The maximum Gasteiger partial charge on any atom is 0.336 e. The van der Waals surface area contributed by atoms with Gasteiger partial charge in [0.25, 0.3) is 0 Å². The number of carbonyl (C=O) groups is 1. The predicted octanol–water partition coefficient (Wildman–Crippen LogP) is 1.96. The number of fused-ring (bicyclic) bond motifs is 1. The van der Waals surface area contributed by atoms with E-state index < -0.39 is 23.6 Å². The van der Waals surface area contributed by atoms with Crippen LogP contribution in [-0.2, 0) is 9.53 Å². The Balaban J connectivity index is 1.89. The third kappa shape index (κ3) is 2.86. The lowest BCUT2D eigenvalue weighted by Crippen LogP contribution is -2.57. The highest BCUT2D eigenvalue weighted by molar-refractivity contribution is 5.91. The van der Waals surface area contributed by atoms with Crippen LogP contribution in [0.2, 0.25) is 0 Å². The Morgan fingerprint density at radius 3 is 2.64 bits per heavy atom. The van der Waals surface area contributed by atoms with Crippen LogP contribution >= 0.6 is 0 Å². The molecule has 6 atom stereocenters. The monoisotopic (exact) mass is 350 g/mol. The SMILES string of the molecule is C=C1CCC2[C@](C)(CO)[C@H](O)CC[C@]2(C)[C@@H]1C/C=C1/C(=O)OC[C@H]1O. The first kappa shape index (κ1) is 18.6. The van der Waals surface area contributed by atoms with Gasteiger partial charge in [-0.15, -0.1) is 0 Å². The number of aliphatic hydroxyl groups excluding tert-OH is 3. The summed E-state index contributed by atoms with van der Waals surface area (Å²) in [6.45, 7) is 8.50. The average molecular weight is 350 g/mol. The summed E-state index contributed by atoms with van der Waals surface area (Å²) in [6.07, 6.45) is 4.42. The van der Waals surface area contributed by atoms with E-state index >= 15 is 0 Å². The van der Waals surface area contributed by atoms with E-state index in [9.17, 15) is 20.1 Å². The lowest BCUT2D eigenvalue weighted by molar-refractivity contribution is -0.151. The molecular weight excluding hydrogens is 320 g/mol. The standard InChI is InChI=1S/C20H30O5/c1-12-4-7-16-19(2,9-8-17(23)20(16,3)11-21)14(12)6-5-13-15(22)10-25-18(13)24/h5,14-17,21-23H,1,4,6-11H2,2-3H3/b13-5+/t14-,15-,16?,17-,19-,20+/m1/s1. The third-order valence-electron chi connectivity index (χ3n) is 7.23. The zero-order chi connectivity index (χ0) is 18.4. The Morgan fingerprint density at radius 2 is 2.04 bits per heavy atom. The first-order valence-corrected chi connectivity index (χ1v) is 9.26. The van der Waals surface area contributed by atoms with Crippen molar-refractivity contribution >= 4 is 5.97 Å². The Kier molecular flexibility index (Phi) is 4.86. The van der Waals surface area contributed by atoms with Gasteiger partial charge in [-0.25, -0.2) is 4.79 Å². The van der Waals surface area contributed by atoms with Gasteiger partial charge >= 0.3 is 5.97 Å². The van der Waals surface area contributed by atoms with Crippen molar-refractivity contribution < 1.29 is 24.9 Å². The normalized spacial score (nSPS) is 46.2. The summed E-state index contributed by atoms with van der Waals surface area (Å²) in [6, 6.07) is 0. The highest BCUT2D eigenvalue weighted by Crippen LogP contribution is 2.61. The molecule has 3 N–H and O–H groups in total. The van der Waals surface area contributed by atoms with Gasteiger partial charge in [0.05, 0.1) is 18.3 Å². The number of carbonyl (C=O) groups excluding carboxylic acids is 1. The van der Waals surface area contributed by atoms with Gasteiger partial charge in [0, 0.05) is 5.41 Å². The van der Waals surface area contributed by atoms with Crippen LogP contribution in [0.3, 0.4) is 0 Å². The van der Waals surface area contributed by atoms with E-state index in [1.165, 1.54) is 0 Å². The number of hydrogen-bond donors (Lipinski definition) is 3. The molecule has 0 aromatic carbocycles. The summed E-state index contributed by atoms with van der Waals surface area (Å²) in [5.41, 5.74) is 0.911. The Bertz CT molecular complexity index is 597. The predicted molar refractivity (Wildman–Crippen MR) is 93.6 cm³/mol. The van der Waals surface area contributed by atoms with E-state index in [2.05, 4.69) is 13.5 Å². The lowest BCUT2D eigenvalue weighted by Gasteiger charge is -2.59. The molecule has 0 aromatic rings. The average Bonchev–Trinajstić information content (AvgIpc) is 2.89. The Labute approximate surface area is 149 Å². The van der Waals surface area contributed by atoms with Crippen LogP contribution in [0.1, 0.15) is 46.0 Å². The number of ether oxygens (including phenoxy) is 1. The van der Waals surface area contributed by atoms with Gasteiger partial charge in [-0.1, -0.05) is 32.1 Å². The molecule has 3 fully saturated rings. The van der Waals surface area contributed by atoms with Gasteiger partial charge in [-0.05, 0) is 49.4 Å². The summed E-state index contributed by atoms with van der Waals surface area (Å²) in [4.78, 5) is 11.8. The molecule has 0 spiro atoms. The largest absolute Gasteiger partial charge is 0.459 e. The maximum absolute atomic E-state index is 11.8. The van der Waals surface area contributed by atoms with Gasteiger partial charge in [-0.3, -0.25) is 0 Å². The van der Waals surface area contributed by atoms with Gasteiger partial charge in [0.2, 0.25) is 0 Å². The molecule has 5 nitrogen and oxygen atoms in total. The minimum absolute atomic E-state index is 0.0280. The quantitative estimate of drug-likeness (QED) is 0.411. The summed E-state index contributed by atoms with van der Waals surface area (Å²) in [5.74, 6) is -0.0734. The van der Waals surface area contributed by atoms with E-state index in [0.29, 0.717) is 18.4 Å². The topological polar surface area (TPSA) is 87.0 Å². The van der Waals surface area contributed by atoms with E-state index in [0.717, 1.165) is 24.8 Å². The number of rotatable bonds is 3. The minimum Gasteiger partial charge on any atom is -0.459 e. The molecule has 0 aromatic heterocycles. The fourth-order valence-electron chi connectivity index (χ4n) is 5.56. The maximum atomic E-state index is 11.8. The van der Waals surface area contributed by atoms with Crippen molar-refractivity contribution in [3.05, 3.63) is 23.8 Å². The third-order valence-corrected chi connectivity index (χ3v) is 7.23. The zero-order valence-corrected chi connectivity index (χ0v) is 15.2. The fraction of sp³-hybridized carbons (Fsp3) is 0.750. The van der Waals surface area contributed by atoms with E-state index in [1.54, 1.807) is 0 Å². The van der Waals surface area contributed by atoms with Crippen molar-refractivity contribution in [3.8, 4) is 0 Å². The highest BCUT2D eigenvalue weighted by atomic mass is 16.6. The molecule has 3 aliphatic rings. The van der Waals surface area contributed by atoms with Crippen molar-refractivity contribution in [2.45, 2.75) is 58.2 Å². The first-order valence-electron chi connectivity index (χ1n) is 9.26. The Hall–Kier alpha value is -1.17. The van der Waals surface area contributed by atoms with Crippen LogP contribution in [0, 0.1) is 22.7 Å². The molecular formula is C20H30O5. The highest BCUT2D eigenvalue weighted by Gasteiger charge is 2.57.